The summed E-state index contributed by atoms with van der Waals surface area (Å²) in [4.78, 5) is 0.187. The summed E-state index contributed by atoms with van der Waals surface area (Å²) in [7, 11) is -11.4. The van der Waals surface area contributed by atoms with E-state index in [0.29, 0.717) is 47.9 Å². The van der Waals surface area contributed by atoms with Crippen LogP contribution in [0.3, 0.4) is 0 Å². The average molecular weight is 869 g/mol. The highest BCUT2D eigenvalue weighted by Crippen LogP contribution is 2.56. The molecule has 14 heteroatoms. The zero-order valence-corrected chi connectivity index (χ0v) is 36.9. The minimum Gasteiger partial charge on any atom is -0.242 e. The first-order chi connectivity index (χ1) is 27.2. The fourth-order valence-corrected chi connectivity index (χ4v) is 18.0. The molecule has 0 N–H and O–H groups in total. The summed E-state index contributed by atoms with van der Waals surface area (Å²) < 4.78 is 120. The second-order valence-corrected chi connectivity index (χ2v) is 26.8. The standard InChI is InChI=1S/C44H50F2N2O6S4/c1-41(2,3)55(49)47-23-21-43(57(51,52)31-13-9-7-10-14-31)35-27-37(45)33(25-29(35)17-19-39(43)47)34-26-30-18-20-40-44(36(30)28-38(34)46,22-24-48(40)56(50)42(4,5)6)58(53,54)32-15-11-8-12-16-32/h7-16,25-28,39-40H,17-24H2,1-6H3/t39-,40-,43-,44-,55-,56-/m1/s1. The van der Waals surface area contributed by atoms with Crippen LogP contribution >= 0.6 is 0 Å². The van der Waals surface area contributed by atoms with Crippen LogP contribution in [0.5, 0.6) is 0 Å². The fourth-order valence-electron chi connectivity index (χ4n) is 10.1. The van der Waals surface area contributed by atoms with Crippen LogP contribution in [0, 0.1) is 11.6 Å². The van der Waals surface area contributed by atoms with Gasteiger partial charge in [-0.1, -0.05) is 36.4 Å². The molecule has 0 amide bonds. The number of fused-ring (bicyclic) bond motifs is 6. The van der Waals surface area contributed by atoms with Crippen LogP contribution in [0.2, 0.25) is 0 Å². The topological polar surface area (TPSA) is 109 Å². The van der Waals surface area contributed by atoms with Gasteiger partial charge >= 0.3 is 0 Å². The van der Waals surface area contributed by atoms with Gasteiger partial charge in [-0.15, -0.1) is 0 Å². The summed E-state index contributed by atoms with van der Waals surface area (Å²) in [5.74, 6) is -1.60. The van der Waals surface area contributed by atoms with E-state index in [9.17, 15) is 25.3 Å². The molecule has 0 radical (unpaired) electrons. The number of hydrogen-bond acceptors (Lipinski definition) is 6. The predicted molar refractivity (Wildman–Crippen MR) is 225 cm³/mol. The highest BCUT2D eigenvalue weighted by Gasteiger charge is 2.63. The molecule has 4 aliphatic rings. The Kier molecular flexibility index (Phi) is 10.2. The van der Waals surface area contributed by atoms with Crippen molar-refractivity contribution in [2.45, 2.75) is 121 Å². The number of benzene rings is 4. The number of sulfone groups is 2. The molecule has 0 bridgehead atoms. The zero-order chi connectivity index (χ0) is 41.8. The number of hydrogen-bond donors (Lipinski definition) is 0. The molecule has 58 heavy (non-hydrogen) atoms. The minimum atomic E-state index is -4.17. The van der Waals surface area contributed by atoms with E-state index in [1.807, 2.05) is 41.5 Å². The van der Waals surface area contributed by atoms with Crippen LogP contribution in [-0.4, -0.2) is 68.5 Å². The van der Waals surface area contributed by atoms with Crippen molar-refractivity contribution in [1.82, 2.24) is 8.61 Å². The highest BCUT2D eigenvalue weighted by molar-refractivity contribution is 7.93. The molecule has 8 rings (SSSR count). The molecule has 2 fully saturated rings. The molecule has 0 saturated carbocycles. The lowest BCUT2D eigenvalue weighted by Gasteiger charge is -2.43. The highest BCUT2D eigenvalue weighted by atomic mass is 32.2. The second kappa shape index (κ2) is 14.2. The van der Waals surface area contributed by atoms with Crippen LogP contribution in [0.4, 0.5) is 8.78 Å². The smallest absolute Gasteiger partial charge is 0.189 e. The summed E-state index contributed by atoms with van der Waals surface area (Å²) in [6, 6.07) is 20.4. The van der Waals surface area contributed by atoms with Crippen molar-refractivity contribution in [3.8, 4) is 11.1 Å². The number of nitrogens with zero attached hydrogens (tertiary/aromatic N) is 2. The van der Waals surface area contributed by atoms with Gasteiger partial charge in [-0.05, 0) is 151 Å². The summed E-state index contributed by atoms with van der Waals surface area (Å²) in [6.07, 6.45) is 1.59. The van der Waals surface area contributed by atoms with Crippen LogP contribution in [0.15, 0.2) is 94.7 Å². The molecule has 2 saturated heterocycles. The lowest BCUT2D eigenvalue weighted by Crippen LogP contribution is -2.53. The van der Waals surface area contributed by atoms with Gasteiger partial charge in [-0.3, -0.25) is 0 Å². The van der Waals surface area contributed by atoms with E-state index in [-0.39, 0.29) is 46.8 Å². The maximum atomic E-state index is 16.9. The summed E-state index contributed by atoms with van der Waals surface area (Å²) in [5.41, 5.74) is 1.67. The van der Waals surface area contributed by atoms with Crippen molar-refractivity contribution in [2.24, 2.45) is 0 Å². The van der Waals surface area contributed by atoms with Gasteiger partial charge in [-0.25, -0.2) is 42.6 Å². The van der Waals surface area contributed by atoms with Crippen LogP contribution in [0.1, 0.15) is 89.5 Å². The van der Waals surface area contributed by atoms with Crippen LogP contribution in [-0.2, 0) is 64.0 Å². The molecule has 310 valence electrons. The average Bonchev–Trinajstić information content (AvgIpc) is 3.79. The van der Waals surface area contributed by atoms with Gasteiger partial charge in [0.25, 0.3) is 0 Å². The molecule has 4 aromatic rings. The first kappa shape index (κ1) is 41.6. The Morgan fingerprint density at radius 2 is 0.931 bits per heavy atom. The summed E-state index contributed by atoms with van der Waals surface area (Å²) >= 11 is 0. The molecular weight excluding hydrogens is 819 g/mol. The quantitative estimate of drug-likeness (QED) is 0.187. The van der Waals surface area contributed by atoms with Gasteiger partial charge in [0.15, 0.2) is 19.7 Å². The SMILES string of the molecule is CC(C)(C)[S@@](=O)N1CC[C@@]2(S(=O)(=O)c3ccccc3)c3cc(F)c(-c4cc5c(cc4F)[C@]4(S(=O)(=O)c6ccccc6)CCN([S@](=O)C(C)(C)C)[C@@H]4CC5)cc3CC[C@@H]12. The lowest BCUT2D eigenvalue weighted by molar-refractivity contribution is 0.324. The second-order valence-electron chi connectivity index (χ2n) is 18.0. The van der Waals surface area contributed by atoms with Crippen molar-refractivity contribution < 1.29 is 34.0 Å². The summed E-state index contributed by atoms with van der Waals surface area (Å²) in [6.45, 7) is 11.5. The fraction of sp³-hybridized carbons (Fsp3) is 0.455. The number of aryl methyl sites for hydroxylation is 2. The van der Waals surface area contributed by atoms with E-state index < -0.39 is 84.4 Å². The van der Waals surface area contributed by atoms with Crippen molar-refractivity contribution in [1.29, 1.82) is 0 Å². The molecule has 2 aliphatic carbocycles. The van der Waals surface area contributed by atoms with Crippen molar-refractivity contribution in [3.63, 3.8) is 0 Å². The van der Waals surface area contributed by atoms with E-state index in [1.165, 1.54) is 36.4 Å². The van der Waals surface area contributed by atoms with Gasteiger partial charge in [-0.2, -0.15) is 0 Å². The lowest BCUT2D eigenvalue weighted by atomic mass is 9.76. The van der Waals surface area contributed by atoms with Gasteiger partial charge in [0.1, 0.15) is 43.1 Å². The Balaban J connectivity index is 1.28. The van der Waals surface area contributed by atoms with Gasteiger partial charge in [0.05, 0.1) is 19.3 Å². The summed E-state index contributed by atoms with van der Waals surface area (Å²) in [5, 5.41) is 0. The van der Waals surface area contributed by atoms with E-state index in [1.54, 1.807) is 57.1 Å². The largest absolute Gasteiger partial charge is 0.242 e. The molecule has 4 aromatic carbocycles. The predicted octanol–water partition coefficient (Wildman–Crippen LogP) is 7.94. The molecule has 0 spiro atoms. The first-order valence-electron chi connectivity index (χ1n) is 19.8. The van der Waals surface area contributed by atoms with Crippen LogP contribution in [0.25, 0.3) is 11.1 Å². The Hall–Kier alpha value is -3.14. The molecule has 2 aliphatic heterocycles. The molecular formula is C44H50F2N2O6S4. The third-order valence-electron chi connectivity index (χ3n) is 12.7. The third-order valence-corrected chi connectivity index (χ3v) is 21.6. The Morgan fingerprint density at radius 1 is 0.586 bits per heavy atom. The van der Waals surface area contributed by atoms with Gasteiger partial charge < -0.3 is 0 Å². The normalized spacial score (nSPS) is 26.3. The van der Waals surface area contributed by atoms with E-state index in [4.69, 9.17) is 0 Å². The van der Waals surface area contributed by atoms with Gasteiger partial charge in [0, 0.05) is 36.3 Å². The van der Waals surface area contributed by atoms with E-state index in [0.717, 1.165) is 0 Å². The number of halogens is 2. The van der Waals surface area contributed by atoms with Crippen molar-refractivity contribution >= 4 is 41.6 Å². The maximum absolute atomic E-state index is 16.9. The Labute approximate surface area is 346 Å². The molecule has 6 atom stereocenters. The zero-order valence-electron chi connectivity index (χ0n) is 33.6. The monoisotopic (exact) mass is 868 g/mol. The van der Waals surface area contributed by atoms with Crippen molar-refractivity contribution in [3.05, 3.63) is 119 Å². The van der Waals surface area contributed by atoms with Crippen molar-refractivity contribution in [2.75, 3.05) is 13.1 Å². The van der Waals surface area contributed by atoms with E-state index >= 15 is 8.78 Å². The third kappa shape index (κ3) is 6.08. The molecule has 0 aromatic heterocycles. The minimum absolute atomic E-state index is 0.0399. The van der Waals surface area contributed by atoms with E-state index in [2.05, 4.69) is 0 Å². The molecule has 2 heterocycles. The van der Waals surface area contributed by atoms with Crippen LogP contribution < -0.4 is 0 Å². The number of rotatable bonds is 7. The first-order valence-corrected chi connectivity index (χ1v) is 25.0. The maximum Gasteiger partial charge on any atom is 0.189 e. The Bertz CT molecular complexity index is 2400. The Morgan fingerprint density at radius 3 is 1.26 bits per heavy atom. The molecule has 8 nitrogen and oxygen atoms in total. The van der Waals surface area contributed by atoms with Gasteiger partial charge in [0.2, 0.25) is 0 Å². The molecule has 0 unspecified atom stereocenters.